The van der Waals surface area contributed by atoms with Crippen molar-refractivity contribution in [2.45, 2.75) is 19.9 Å². The fourth-order valence-electron chi connectivity index (χ4n) is 3.56. The van der Waals surface area contributed by atoms with Gasteiger partial charge >= 0.3 is 11.8 Å². The van der Waals surface area contributed by atoms with Crippen LogP contribution in [0.25, 0.3) is 0 Å². The molecule has 0 spiro atoms. The van der Waals surface area contributed by atoms with Crippen LogP contribution in [0.1, 0.15) is 25.5 Å². The Balaban J connectivity index is 1.95. The predicted molar refractivity (Wildman–Crippen MR) is 120 cm³/mol. The van der Waals surface area contributed by atoms with E-state index in [4.69, 9.17) is 4.74 Å². The number of ether oxygens (including phenoxy) is 1. The number of amides is 2. The predicted octanol–water partition coefficient (Wildman–Crippen LogP) is 0.700. The summed E-state index contributed by atoms with van der Waals surface area (Å²) in [4.78, 5) is 31.0. The molecule has 8 nitrogen and oxygen atoms in total. The third-order valence-corrected chi connectivity index (χ3v) is 5.55. The van der Waals surface area contributed by atoms with Gasteiger partial charge in [0, 0.05) is 52.5 Å². The zero-order valence-electron chi connectivity index (χ0n) is 18.8. The molecule has 0 radical (unpaired) electrons. The first kappa shape index (κ1) is 24.1. The number of nitrogens with one attached hydrogen (secondary N) is 2. The van der Waals surface area contributed by atoms with Crippen molar-refractivity contribution in [3.63, 3.8) is 0 Å². The minimum absolute atomic E-state index is 0.00228. The fourth-order valence-corrected chi connectivity index (χ4v) is 3.56. The zero-order valence-corrected chi connectivity index (χ0v) is 18.8. The first-order valence-electron chi connectivity index (χ1n) is 10.8. The molecule has 0 aliphatic carbocycles. The summed E-state index contributed by atoms with van der Waals surface area (Å²) in [5.41, 5.74) is 2.24. The van der Waals surface area contributed by atoms with E-state index < -0.39 is 11.8 Å². The van der Waals surface area contributed by atoms with Crippen LogP contribution in [-0.2, 0) is 14.3 Å². The second kappa shape index (κ2) is 12.5. The molecular formula is C22H37N5O3. The summed E-state index contributed by atoms with van der Waals surface area (Å²) in [6.45, 7) is 10.5. The Morgan fingerprint density at radius 1 is 1.03 bits per heavy atom. The first-order valence-corrected chi connectivity index (χ1v) is 10.8. The molecule has 1 fully saturated rings. The molecule has 1 aromatic rings. The summed E-state index contributed by atoms with van der Waals surface area (Å²) < 4.78 is 5.48. The quantitative estimate of drug-likeness (QED) is 0.544. The molecule has 0 unspecified atom stereocenters. The van der Waals surface area contributed by atoms with Gasteiger partial charge in [-0.15, -0.1) is 0 Å². The van der Waals surface area contributed by atoms with Crippen molar-refractivity contribution >= 4 is 17.5 Å². The Morgan fingerprint density at radius 2 is 1.63 bits per heavy atom. The van der Waals surface area contributed by atoms with Gasteiger partial charge in [-0.05, 0) is 30.8 Å². The van der Waals surface area contributed by atoms with Crippen molar-refractivity contribution in [1.29, 1.82) is 0 Å². The lowest BCUT2D eigenvalue weighted by atomic mass is 10.0. The van der Waals surface area contributed by atoms with E-state index in [0.717, 1.165) is 44.0 Å². The van der Waals surface area contributed by atoms with Gasteiger partial charge in [-0.1, -0.05) is 26.0 Å². The Morgan fingerprint density at radius 3 is 2.20 bits per heavy atom. The third-order valence-electron chi connectivity index (χ3n) is 5.55. The fraction of sp³-hybridized carbons (Fsp3) is 0.636. The number of nitrogens with zero attached hydrogens (tertiary/aromatic N) is 3. The number of hydrogen-bond donors (Lipinski definition) is 2. The summed E-state index contributed by atoms with van der Waals surface area (Å²) in [6.07, 6.45) is 0. The minimum atomic E-state index is -0.585. The SMILES string of the molecule is CCN(CC)CCNC(=O)C(=O)NC[C@@H](c1ccc(N(C)C)cc1)N1CCOCC1. The lowest BCUT2D eigenvalue weighted by Gasteiger charge is -2.35. The zero-order chi connectivity index (χ0) is 21.9. The van der Waals surface area contributed by atoms with Crippen LogP contribution >= 0.6 is 0 Å². The average Bonchev–Trinajstić information content (AvgIpc) is 2.77. The van der Waals surface area contributed by atoms with Crippen molar-refractivity contribution in [3.05, 3.63) is 29.8 Å². The van der Waals surface area contributed by atoms with Gasteiger partial charge in [0.1, 0.15) is 0 Å². The number of rotatable bonds is 10. The monoisotopic (exact) mass is 419 g/mol. The smallest absolute Gasteiger partial charge is 0.309 e. The van der Waals surface area contributed by atoms with Crippen LogP contribution in [0.2, 0.25) is 0 Å². The van der Waals surface area contributed by atoms with Crippen LogP contribution in [-0.4, -0.2) is 94.7 Å². The van der Waals surface area contributed by atoms with Crippen LogP contribution in [0.5, 0.6) is 0 Å². The molecule has 2 N–H and O–H groups in total. The number of hydrogen-bond acceptors (Lipinski definition) is 6. The Labute approximate surface area is 180 Å². The number of carbonyl (C=O) groups is 2. The first-order chi connectivity index (χ1) is 14.5. The molecule has 1 heterocycles. The summed E-state index contributed by atoms with van der Waals surface area (Å²) >= 11 is 0. The molecule has 1 aromatic carbocycles. The highest BCUT2D eigenvalue weighted by atomic mass is 16.5. The maximum atomic E-state index is 12.3. The molecule has 1 atom stereocenters. The Bertz CT molecular complexity index is 655. The minimum Gasteiger partial charge on any atom is -0.379 e. The Kier molecular flexibility index (Phi) is 10.1. The molecule has 2 amide bonds. The molecule has 0 bridgehead atoms. The van der Waals surface area contributed by atoms with Crippen molar-refractivity contribution in [2.24, 2.45) is 0 Å². The topological polar surface area (TPSA) is 77.2 Å². The van der Waals surface area contributed by atoms with Gasteiger partial charge < -0.3 is 25.2 Å². The molecule has 0 aromatic heterocycles. The van der Waals surface area contributed by atoms with E-state index in [2.05, 4.69) is 63.4 Å². The van der Waals surface area contributed by atoms with E-state index in [-0.39, 0.29) is 6.04 Å². The van der Waals surface area contributed by atoms with E-state index in [1.807, 2.05) is 14.1 Å². The van der Waals surface area contributed by atoms with E-state index in [1.165, 1.54) is 0 Å². The number of likely N-dealkylation sites (N-methyl/N-ethyl adjacent to an activating group) is 1. The molecule has 1 aliphatic heterocycles. The van der Waals surface area contributed by atoms with Crippen LogP contribution < -0.4 is 15.5 Å². The van der Waals surface area contributed by atoms with Crippen molar-refractivity contribution in [2.75, 3.05) is 78.0 Å². The van der Waals surface area contributed by atoms with Crippen molar-refractivity contribution < 1.29 is 14.3 Å². The van der Waals surface area contributed by atoms with Crippen LogP contribution in [0.15, 0.2) is 24.3 Å². The van der Waals surface area contributed by atoms with Crippen LogP contribution in [0, 0.1) is 0 Å². The molecule has 168 valence electrons. The van der Waals surface area contributed by atoms with Gasteiger partial charge in [0.25, 0.3) is 0 Å². The molecule has 1 aliphatic rings. The molecule has 30 heavy (non-hydrogen) atoms. The molecule has 2 rings (SSSR count). The number of benzene rings is 1. The molecule has 8 heteroatoms. The van der Waals surface area contributed by atoms with E-state index in [9.17, 15) is 9.59 Å². The van der Waals surface area contributed by atoms with E-state index >= 15 is 0 Å². The van der Waals surface area contributed by atoms with Crippen molar-refractivity contribution in [1.82, 2.24) is 20.4 Å². The van der Waals surface area contributed by atoms with E-state index in [1.54, 1.807) is 0 Å². The highest BCUT2D eigenvalue weighted by Crippen LogP contribution is 2.23. The van der Waals surface area contributed by atoms with Crippen LogP contribution in [0.4, 0.5) is 5.69 Å². The Hall–Kier alpha value is -2.16. The summed E-state index contributed by atoms with van der Waals surface area (Å²) in [7, 11) is 4.01. The maximum absolute atomic E-state index is 12.3. The second-order valence-electron chi connectivity index (χ2n) is 7.64. The number of carbonyl (C=O) groups excluding carboxylic acids is 2. The lowest BCUT2D eigenvalue weighted by molar-refractivity contribution is -0.139. The molecule has 0 saturated carbocycles. The average molecular weight is 420 g/mol. The molecular weight excluding hydrogens is 382 g/mol. The van der Waals surface area contributed by atoms with Crippen LogP contribution in [0.3, 0.4) is 0 Å². The number of anilines is 1. The standard InChI is InChI=1S/C22H37N5O3/c1-5-26(6-2)12-11-23-21(28)22(29)24-17-20(27-13-15-30-16-14-27)18-7-9-19(10-8-18)25(3)4/h7-10,20H,5-6,11-17H2,1-4H3,(H,23,28)(H,24,29)/t20-/m0/s1. The van der Waals surface area contributed by atoms with Gasteiger partial charge in [-0.25, -0.2) is 0 Å². The summed E-state index contributed by atoms with van der Waals surface area (Å²) in [6, 6.07) is 8.32. The van der Waals surface area contributed by atoms with Gasteiger partial charge in [-0.3, -0.25) is 14.5 Å². The second-order valence-corrected chi connectivity index (χ2v) is 7.64. The highest BCUT2D eigenvalue weighted by molar-refractivity contribution is 6.35. The van der Waals surface area contributed by atoms with Gasteiger partial charge in [0.05, 0.1) is 19.3 Å². The maximum Gasteiger partial charge on any atom is 0.309 e. The lowest BCUT2D eigenvalue weighted by Crippen LogP contribution is -2.47. The summed E-state index contributed by atoms with van der Waals surface area (Å²) in [5.74, 6) is -1.16. The third kappa shape index (κ3) is 7.27. The van der Waals surface area contributed by atoms with E-state index in [0.29, 0.717) is 26.3 Å². The van der Waals surface area contributed by atoms with Gasteiger partial charge in [-0.2, -0.15) is 0 Å². The van der Waals surface area contributed by atoms with Gasteiger partial charge in [0.15, 0.2) is 0 Å². The van der Waals surface area contributed by atoms with Crippen molar-refractivity contribution in [3.8, 4) is 0 Å². The highest BCUT2D eigenvalue weighted by Gasteiger charge is 2.24. The number of morpholine rings is 1. The summed E-state index contributed by atoms with van der Waals surface area (Å²) in [5, 5.41) is 5.54. The molecule has 1 saturated heterocycles. The largest absolute Gasteiger partial charge is 0.379 e. The normalized spacial score (nSPS) is 15.6. The van der Waals surface area contributed by atoms with Gasteiger partial charge in [0.2, 0.25) is 0 Å².